The van der Waals surface area contributed by atoms with Crippen LogP contribution < -0.4 is 0 Å². The average Bonchev–Trinajstić information content (AvgIpc) is 2.47. The van der Waals surface area contributed by atoms with E-state index in [4.69, 9.17) is 11.6 Å². The molecule has 0 bridgehead atoms. The van der Waals surface area contributed by atoms with Crippen LogP contribution in [0.2, 0.25) is 0 Å². The number of aryl methyl sites for hydroxylation is 1. The van der Waals surface area contributed by atoms with E-state index in [1.807, 2.05) is 11.6 Å². The number of rotatable bonds is 0. The molecule has 0 saturated carbocycles. The number of fused-ring (bicyclic) bond motifs is 1. The number of nitrogens with zero attached hydrogens (tertiary/aromatic N) is 3. The molecule has 0 N–H and O–H groups in total. The van der Waals surface area contributed by atoms with Gasteiger partial charge in [0.2, 0.25) is 0 Å². The summed E-state index contributed by atoms with van der Waals surface area (Å²) in [5.74, 6) is 0. The maximum absolute atomic E-state index is 10.9. The topological polar surface area (TPSA) is 38.1 Å². The van der Waals surface area contributed by atoms with E-state index in [1.165, 1.54) is 5.69 Å². The van der Waals surface area contributed by atoms with Gasteiger partial charge in [0, 0.05) is 25.7 Å². The molecule has 70 valence electrons. The van der Waals surface area contributed by atoms with Gasteiger partial charge in [0.1, 0.15) is 0 Å². The van der Waals surface area contributed by atoms with Gasteiger partial charge in [-0.3, -0.25) is 4.79 Å². The lowest BCUT2D eigenvalue weighted by Crippen LogP contribution is -2.32. The van der Waals surface area contributed by atoms with E-state index in [1.54, 1.807) is 11.2 Å². The molecule has 1 aliphatic rings. The zero-order chi connectivity index (χ0) is 9.42. The zero-order valence-corrected chi connectivity index (χ0v) is 8.08. The van der Waals surface area contributed by atoms with E-state index in [0.717, 1.165) is 12.1 Å². The minimum Gasteiger partial charge on any atom is -0.337 e. The third-order valence-electron chi connectivity index (χ3n) is 2.35. The van der Waals surface area contributed by atoms with E-state index in [0.29, 0.717) is 13.1 Å². The highest BCUT2D eigenvalue weighted by Crippen LogP contribution is 2.17. The lowest BCUT2D eigenvalue weighted by Gasteiger charge is -2.24. The largest absolute Gasteiger partial charge is 0.337 e. The fourth-order valence-corrected chi connectivity index (χ4v) is 1.75. The van der Waals surface area contributed by atoms with Gasteiger partial charge in [-0.05, 0) is 11.6 Å². The molecule has 13 heavy (non-hydrogen) atoms. The summed E-state index contributed by atoms with van der Waals surface area (Å²) in [6.45, 7) is 1.23. The van der Waals surface area contributed by atoms with Gasteiger partial charge in [0.05, 0.1) is 18.6 Å². The molecule has 1 aliphatic heterocycles. The summed E-state index contributed by atoms with van der Waals surface area (Å²) in [6, 6.07) is 0. The van der Waals surface area contributed by atoms with Gasteiger partial charge in [-0.15, -0.1) is 0 Å². The second-order valence-electron chi connectivity index (χ2n) is 3.17. The molecule has 1 aromatic rings. The monoisotopic (exact) mass is 199 g/mol. The van der Waals surface area contributed by atoms with Crippen molar-refractivity contribution < 1.29 is 4.79 Å². The van der Waals surface area contributed by atoms with Gasteiger partial charge in [0.25, 0.3) is 0 Å². The van der Waals surface area contributed by atoms with E-state index < -0.39 is 5.37 Å². The molecule has 0 aliphatic carbocycles. The second kappa shape index (κ2) is 3.03. The van der Waals surface area contributed by atoms with Crippen LogP contribution in [-0.4, -0.2) is 26.4 Å². The van der Waals surface area contributed by atoms with Crippen LogP contribution in [-0.2, 0) is 20.0 Å². The predicted molar refractivity (Wildman–Crippen MR) is 48.6 cm³/mol. The number of aromatic nitrogens is 2. The molecular formula is C8H10ClN3O. The molecule has 0 saturated heterocycles. The highest BCUT2D eigenvalue weighted by Gasteiger charge is 2.21. The van der Waals surface area contributed by atoms with Crippen LogP contribution in [0.25, 0.3) is 0 Å². The van der Waals surface area contributed by atoms with Crippen LogP contribution in [0.4, 0.5) is 4.79 Å². The van der Waals surface area contributed by atoms with Crippen LogP contribution >= 0.6 is 11.6 Å². The lowest BCUT2D eigenvalue weighted by molar-refractivity contribution is 0.215. The molecule has 4 nitrogen and oxygen atoms in total. The molecule has 0 spiro atoms. The van der Waals surface area contributed by atoms with Crippen LogP contribution in [0.15, 0.2) is 6.33 Å². The number of hydrogen-bond donors (Lipinski definition) is 0. The minimum absolute atomic E-state index is 0.392. The summed E-state index contributed by atoms with van der Waals surface area (Å²) in [7, 11) is 1.96. The smallest absolute Gasteiger partial charge is 0.316 e. The number of amides is 1. The van der Waals surface area contributed by atoms with Gasteiger partial charge in [-0.25, -0.2) is 4.98 Å². The Morgan fingerprint density at radius 3 is 3.15 bits per heavy atom. The lowest BCUT2D eigenvalue weighted by atomic mass is 10.1. The Bertz CT molecular complexity index is 347. The Balaban J connectivity index is 2.25. The number of halogens is 1. The predicted octanol–water partition coefficient (Wildman–Crippen LogP) is 1.14. The second-order valence-corrected chi connectivity index (χ2v) is 3.50. The van der Waals surface area contributed by atoms with Crippen molar-refractivity contribution in [3.05, 3.63) is 17.7 Å². The van der Waals surface area contributed by atoms with Crippen molar-refractivity contribution in [2.45, 2.75) is 13.0 Å². The Kier molecular flexibility index (Phi) is 2.00. The SMILES string of the molecule is Cn1cnc2c1CCN(C(=O)Cl)C2. The Morgan fingerprint density at radius 1 is 1.69 bits per heavy atom. The number of hydrogen-bond acceptors (Lipinski definition) is 2. The fourth-order valence-electron chi connectivity index (χ4n) is 1.61. The normalized spacial score (nSPS) is 15.7. The molecule has 0 atom stereocenters. The average molecular weight is 200 g/mol. The molecule has 1 aromatic heterocycles. The van der Waals surface area contributed by atoms with Crippen LogP contribution in [0, 0.1) is 0 Å². The van der Waals surface area contributed by atoms with E-state index >= 15 is 0 Å². The van der Waals surface area contributed by atoms with Crippen molar-refractivity contribution in [3.8, 4) is 0 Å². The molecule has 0 radical (unpaired) electrons. The van der Waals surface area contributed by atoms with Gasteiger partial charge in [-0.1, -0.05) is 0 Å². The third-order valence-corrected chi connectivity index (χ3v) is 2.59. The van der Waals surface area contributed by atoms with E-state index in [2.05, 4.69) is 4.98 Å². The van der Waals surface area contributed by atoms with Crippen molar-refractivity contribution in [2.75, 3.05) is 6.54 Å². The van der Waals surface area contributed by atoms with Crippen molar-refractivity contribution in [2.24, 2.45) is 7.05 Å². The minimum atomic E-state index is -0.392. The number of carbonyl (C=O) groups excluding carboxylic acids is 1. The van der Waals surface area contributed by atoms with Crippen molar-refractivity contribution in [1.82, 2.24) is 14.5 Å². The van der Waals surface area contributed by atoms with E-state index in [-0.39, 0.29) is 0 Å². The summed E-state index contributed by atoms with van der Waals surface area (Å²) in [4.78, 5) is 16.7. The van der Waals surface area contributed by atoms with Crippen LogP contribution in [0.1, 0.15) is 11.4 Å². The maximum atomic E-state index is 10.9. The van der Waals surface area contributed by atoms with Gasteiger partial charge < -0.3 is 9.47 Å². The number of carbonyl (C=O) groups is 1. The molecule has 0 fully saturated rings. The highest BCUT2D eigenvalue weighted by atomic mass is 35.5. The standard InChI is InChI=1S/C8H10ClN3O/c1-11-5-10-6-4-12(8(9)13)3-2-7(6)11/h5H,2-4H2,1H3. The number of imidazole rings is 1. The van der Waals surface area contributed by atoms with Crippen molar-refractivity contribution in [3.63, 3.8) is 0 Å². The molecule has 0 aromatic carbocycles. The van der Waals surface area contributed by atoms with Gasteiger partial charge >= 0.3 is 5.37 Å². The summed E-state index contributed by atoms with van der Waals surface area (Å²) in [5, 5.41) is -0.392. The first-order chi connectivity index (χ1) is 6.18. The molecular weight excluding hydrogens is 190 g/mol. The zero-order valence-electron chi connectivity index (χ0n) is 7.33. The summed E-state index contributed by atoms with van der Waals surface area (Å²) < 4.78 is 1.99. The summed E-state index contributed by atoms with van der Waals surface area (Å²) >= 11 is 5.38. The maximum Gasteiger partial charge on any atom is 0.316 e. The first-order valence-corrected chi connectivity index (χ1v) is 4.50. The molecule has 2 rings (SSSR count). The Morgan fingerprint density at radius 2 is 2.46 bits per heavy atom. The van der Waals surface area contributed by atoms with Crippen molar-refractivity contribution in [1.29, 1.82) is 0 Å². The van der Waals surface area contributed by atoms with Crippen LogP contribution in [0.5, 0.6) is 0 Å². The third kappa shape index (κ3) is 1.42. The molecule has 1 amide bonds. The Labute approximate surface area is 81.1 Å². The summed E-state index contributed by atoms with van der Waals surface area (Å²) in [6.07, 6.45) is 2.61. The molecule has 5 heteroatoms. The van der Waals surface area contributed by atoms with Crippen molar-refractivity contribution >= 4 is 17.0 Å². The summed E-state index contributed by atoms with van der Waals surface area (Å²) in [5.41, 5.74) is 2.16. The Hall–Kier alpha value is -1.03. The highest BCUT2D eigenvalue weighted by molar-refractivity contribution is 6.62. The molecule has 0 unspecified atom stereocenters. The van der Waals surface area contributed by atoms with Crippen LogP contribution in [0.3, 0.4) is 0 Å². The van der Waals surface area contributed by atoms with E-state index in [9.17, 15) is 4.79 Å². The fraction of sp³-hybridized carbons (Fsp3) is 0.500. The van der Waals surface area contributed by atoms with Gasteiger partial charge in [0.15, 0.2) is 0 Å². The molecule has 2 heterocycles. The van der Waals surface area contributed by atoms with Gasteiger partial charge in [-0.2, -0.15) is 0 Å². The quantitative estimate of drug-likeness (QED) is 0.464. The first-order valence-electron chi connectivity index (χ1n) is 4.12. The first kappa shape index (κ1) is 8.56.